The number of aliphatic hydroxyl groups is 1. The molecule has 2 fully saturated rings. The Morgan fingerprint density at radius 2 is 2.20 bits per heavy atom. The molecule has 25 heavy (non-hydrogen) atoms. The lowest BCUT2D eigenvalue weighted by Crippen LogP contribution is -2.56. The summed E-state index contributed by atoms with van der Waals surface area (Å²) in [7, 11) is 0. The zero-order chi connectivity index (χ0) is 17.4. The molecule has 5 heteroatoms. The SMILES string of the molecule is Cc1ccc2occ(CN3CC4CCCN4C[C@@H]3CCO)c(=O)c2c1. The number of rotatable bonds is 4. The molecule has 2 aliphatic heterocycles. The smallest absolute Gasteiger partial charge is 0.197 e. The van der Waals surface area contributed by atoms with Crippen LogP contribution in [0.25, 0.3) is 11.0 Å². The molecule has 0 spiro atoms. The normalized spacial score (nSPS) is 24.7. The van der Waals surface area contributed by atoms with Crippen molar-refractivity contribution in [3.8, 4) is 0 Å². The van der Waals surface area contributed by atoms with Crippen molar-refractivity contribution in [1.82, 2.24) is 9.80 Å². The topological polar surface area (TPSA) is 56.9 Å². The van der Waals surface area contributed by atoms with Crippen molar-refractivity contribution >= 4 is 11.0 Å². The monoisotopic (exact) mass is 342 g/mol. The number of benzene rings is 1. The summed E-state index contributed by atoms with van der Waals surface area (Å²) in [6, 6.07) is 6.62. The lowest BCUT2D eigenvalue weighted by Gasteiger charge is -2.43. The number of nitrogens with zero attached hydrogens (tertiary/aromatic N) is 2. The van der Waals surface area contributed by atoms with Crippen molar-refractivity contribution in [2.45, 2.75) is 44.8 Å². The molecule has 0 aliphatic carbocycles. The van der Waals surface area contributed by atoms with Crippen LogP contribution in [0, 0.1) is 6.92 Å². The number of fused-ring (bicyclic) bond motifs is 2. The van der Waals surface area contributed by atoms with Gasteiger partial charge in [0, 0.05) is 43.9 Å². The van der Waals surface area contributed by atoms with Crippen LogP contribution in [0.1, 0.15) is 30.4 Å². The molecule has 4 rings (SSSR count). The number of piperazine rings is 1. The van der Waals surface area contributed by atoms with Crippen molar-refractivity contribution < 1.29 is 9.52 Å². The summed E-state index contributed by atoms with van der Waals surface area (Å²) in [4.78, 5) is 17.8. The van der Waals surface area contributed by atoms with Crippen LogP contribution in [0.4, 0.5) is 0 Å². The van der Waals surface area contributed by atoms with Crippen LogP contribution in [0.3, 0.4) is 0 Å². The Morgan fingerprint density at radius 3 is 3.04 bits per heavy atom. The Bertz CT molecular complexity index is 816. The molecule has 1 aromatic carbocycles. The van der Waals surface area contributed by atoms with Gasteiger partial charge >= 0.3 is 0 Å². The molecule has 1 aromatic heterocycles. The Balaban J connectivity index is 1.62. The average molecular weight is 342 g/mol. The largest absolute Gasteiger partial charge is 0.464 e. The highest BCUT2D eigenvalue weighted by Crippen LogP contribution is 2.27. The van der Waals surface area contributed by atoms with Crippen LogP contribution < -0.4 is 5.43 Å². The zero-order valence-corrected chi connectivity index (χ0v) is 14.8. The minimum absolute atomic E-state index is 0.0709. The predicted octanol–water partition coefficient (Wildman–Crippen LogP) is 2.13. The van der Waals surface area contributed by atoms with Crippen LogP contribution in [0.5, 0.6) is 0 Å². The van der Waals surface area contributed by atoms with E-state index >= 15 is 0 Å². The number of hydrogen-bond donors (Lipinski definition) is 1. The highest BCUT2D eigenvalue weighted by Gasteiger charge is 2.36. The third-order valence-corrected chi connectivity index (χ3v) is 5.74. The number of hydrogen-bond acceptors (Lipinski definition) is 5. The first-order valence-electron chi connectivity index (χ1n) is 9.25. The average Bonchev–Trinajstić information content (AvgIpc) is 3.05. The van der Waals surface area contributed by atoms with Gasteiger partial charge in [-0.15, -0.1) is 0 Å². The molecule has 0 amide bonds. The summed E-state index contributed by atoms with van der Waals surface area (Å²) in [5.41, 5.74) is 2.50. The summed E-state index contributed by atoms with van der Waals surface area (Å²) in [5.74, 6) is 0. The summed E-state index contributed by atoms with van der Waals surface area (Å²) in [6.45, 7) is 5.89. The molecule has 2 saturated heterocycles. The van der Waals surface area contributed by atoms with E-state index in [1.807, 2.05) is 25.1 Å². The van der Waals surface area contributed by atoms with E-state index in [1.165, 1.54) is 12.8 Å². The van der Waals surface area contributed by atoms with Gasteiger partial charge in [0.1, 0.15) is 5.58 Å². The Labute approximate surface area is 147 Å². The number of aryl methyl sites for hydroxylation is 1. The second-order valence-corrected chi connectivity index (χ2v) is 7.48. The first-order chi connectivity index (χ1) is 12.2. The Morgan fingerprint density at radius 1 is 1.32 bits per heavy atom. The molecule has 2 aliphatic rings. The van der Waals surface area contributed by atoms with Crippen LogP contribution in [-0.2, 0) is 6.54 Å². The first-order valence-corrected chi connectivity index (χ1v) is 9.25. The van der Waals surface area contributed by atoms with E-state index in [4.69, 9.17) is 4.42 Å². The van der Waals surface area contributed by atoms with E-state index in [2.05, 4.69) is 9.80 Å². The minimum atomic E-state index is 0.0709. The van der Waals surface area contributed by atoms with Crippen molar-refractivity contribution in [2.24, 2.45) is 0 Å². The molecular weight excluding hydrogens is 316 g/mol. The molecule has 1 N–H and O–H groups in total. The summed E-state index contributed by atoms with van der Waals surface area (Å²) in [6.07, 6.45) is 4.86. The van der Waals surface area contributed by atoms with E-state index in [0.29, 0.717) is 35.2 Å². The third-order valence-electron chi connectivity index (χ3n) is 5.74. The van der Waals surface area contributed by atoms with E-state index in [9.17, 15) is 9.90 Å². The molecule has 0 radical (unpaired) electrons. The molecule has 0 bridgehead atoms. The first kappa shape index (κ1) is 16.8. The van der Waals surface area contributed by atoms with Crippen LogP contribution in [-0.4, -0.2) is 53.2 Å². The summed E-state index contributed by atoms with van der Waals surface area (Å²) in [5, 5.41) is 10.1. The maximum atomic E-state index is 12.9. The van der Waals surface area contributed by atoms with Gasteiger partial charge in [0.25, 0.3) is 0 Å². The maximum Gasteiger partial charge on any atom is 0.197 e. The predicted molar refractivity (Wildman–Crippen MR) is 97.7 cm³/mol. The molecule has 1 unspecified atom stereocenters. The third kappa shape index (κ3) is 3.24. The maximum absolute atomic E-state index is 12.9. The molecule has 2 aromatic rings. The zero-order valence-electron chi connectivity index (χ0n) is 14.8. The van der Waals surface area contributed by atoms with E-state index < -0.39 is 0 Å². The van der Waals surface area contributed by atoms with Crippen LogP contribution in [0.15, 0.2) is 33.7 Å². The molecule has 5 nitrogen and oxygen atoms in total. The molecule has 2 atom stereocenters. The van der Waals surface area contributed by atoms with Gasteiger partial charge in [-0.2, -0.15) is 0 Å². The summed E-state index contributed by atoms with van der Waals surface area (Å²) < 4.78 is 5.72. The lowest BCUT2D eigenvalue weighted by molar-refractivity contribution is 0.0329. The van der Waals surface area contributed by atoms with Crippen molar-refractivity contribution in [2.75, 3.05) is 26.2 Å². The molecular formula is C20H26N2O3. The van der Waals surface area contributed by atoms with Crippen molar-refractivity contribution in [3.05, 3.63) is 45.8 Å². The minimum Gasteiger partial charge on any atom is -0.464 e. The fourth-order valence-electron chi connectivity index (χ4n) is 4.38. The van der Waals surface area contributed by atoms with Gasteiger partial charge in [-0.25, -0.2) is 0 Å². The lowest BCUT2D eigenvalue weighted by atomic mass is 10.0. The van der Waals surface area contributed by atoms with Gasteiger partial charge in [-0.05, 0) is 44.9 Å². The second-order valence-electron chi connectivity index (χ2n) is 7.48. The fraction of sp³-hybridized carbons (Fsp3) is 0.550. The second kappa shape index (κ2) is 6.90. The van der Waals surface area contributed by atoms with Gasteiger partial charge in [-0.3, -0.25) is 14.6 Å². The molecule has 3 heterocycles. The van der Waals surface area contributed by atoms with Crippen molar-refractivity contribution in [3.63, 3.8) is 0 Å². The standard InChI is InChI=1S/C20H26N2O3/c1-14-4-5-19-18(9-14)20(24)15(13-25-19)10-22-12-16-3-2-7-21(16)11-17(22)6-8-23/h4-5,9,13,16-17,23H,2-3,6-8,10-12H2,1H3/t16?,17-/m0/s1. The Kier molecular flexibility index (Phi) is 4.63. The van der Waals surface area contributed by atoms with E-state index in [0.717, 1.165) is 31.6 Å². The Hall–Kier alpha value is -1.69. The van der Waals surface area contributed by atoms with Crippen LogP contribution in [0.2, 0.25) is 0 Å². The van der Waals surface area contributed by atoms with Gasteiger partial charge in [0.2, 0.25) is 0 Å². The number of aliphatic hydroxyl groups excluding tert-OH is 1. The fourth-order valence-corrected chi connectivity index (χ4v) is 4.38. The van der Waals surface area contributed by atoms with Gasteiger partial charge < -0.3 is 9.52 Å². The van der Waals surface area contributed by atoms with E-state index in [1.54, 1.807) is 6.26 Å². The van der Waals surface area contributed by atoms with Gasteiger partial charge in [0.05, 0.1) is 11.6 Å². The van der Waals surface area contributed by atoms with Crippen molar-refractivity contribution in [1.29, 1.82) is 0 Å². The molecule has 134 valence electrons. The summed E-state index contributed by atoms with van der Waals surface area (Å²) >= 11 is 0. The van der Waals surface area contributed by atoms with Gasteiger partial charge in [-0.1, -0.05) is 11.6 Å². The van der Waals surface area contributed by atoms with Gasteiger partial charge in [0.15, 0.2) is 5.43 Å². The highest BCUT2D eigenvalue weighted by atomic mass is 16.3. The molecule has 0 saturated carbocycles. The quantitative estimate of drug-likeness (QED) is 0.922. The van der Waals surface area contributed by atoms with Crippen LogP contribution >= 0.6 is 0 Å². The highest BCUT2D eigenvalue weighted by molar-refractivity contribution is 5.77. The van der Waals surface area contributed by atoms with E-state index in [-0.39, 0.29) is 12.0 Å².